The standard InChI is InChI=1S/C22H25BrN6O4/c1-14(13-30)26-22(31)18-12-28(11-17(18)15-3-5-16(23)6-4-15)10-2-9-25-20-8-7-19(29(32)33)21(24)27-20/h3-8,11-12,14,30H,2,9-10,13H2,1H3,(H,26,31)(H3,24,25,27)/t14-/m1/s1. The lowest BCUT2D eigenvalue weighted by Crippen LogP contribution is -2.35. The molecule has 0 aliphatic heterocycles. The fourth-order valence-electron chi connectivity index (χ4n) is 3.22. The van der Waals surface area contributed by atoms with Crippen molar-refractivity contribution in [3.05, 3.63) is 68.9 Å². The Morgan fingerprint density at radius 1 is 1.27 bits per heavy atom. The Morgan fingerprint density at radius 3 is 2.64 bits per heavy atom. The number of nitrogens with one attached hydrogen (secondary N) is 2. The normalized spacial score (nSPS) is 11.7. The summed E-state index contributed by atoms with van der Waals surface area (Å²) in [6, 6.07) is 10.2. The van der Waals surface area contributed by atoms with Gasteiger partial charge in [0.1, 0.15) is 5.82 Å². The molecule has 33 heavy (non-hydrogen) atoms. The van der Waals surface area contributed by atoms with Crippen molar-refractivity contribution in [2.45, 2.75) is 25.9 Å². The number of nitro groups is 1. The average Bonchev–Trinajstić information content (AvgIpc) is 3.21. The molecule has 1 amide bonds. The number of aromatic nitrogens is 2. The van der Waals surface area contributed by atoms with Gasteiger partial charge in [0, 0.05) is 47.6 Å². The molecule has 0 unspecified atom stereocenters. The summed E-state index contributed by atoms with van der Waals surface area (Å²) in [7, 11) is 0. The second-order valence-electron chi connectivity index (χ2n) is 7.53. The fraction of sp³-hybridized carbons (Fsp3) is 0.273. The second kappa shape index (κ2) is 10.9. The van der Waals surface area contributed by atoms with Gasteiger partial charge in [0.05, 0.1) is 17.1 Å². The molecule has 0 fully saturated rings. The summed E-state index contributed by atoms with van der Waals surface area (Å²) in [5.41, 5.74) is 7.62. The second-order valence-corrected chi connectivity index (χ2v) is 8.44. The summed E-state index contributed by atoms with van der Waals surface area (Å²) in [5.74, 6) is 0.0680. The van der Waals surface area contributed by atoms with Crippen LogP contribution in [-0.2, 0) is 6.54 Å². The number of rotatable bonds is 10. The highest BCUT2D eigenvalue weighted by Crippen LogP contribution is 2.27. The van der Waals surface area contributed by atoms with Gasteiger partial charge in [-0.3, -0.25) is 14.9 Å². The average molecular weight is 517 g/mol. The van der Waals surface area contributed by atoms with Crippen molar-refractivity contribution in [2.75, 3.05) is 24.2 Å². The van der Waals surface area contributed by atoms with E-state index in [1.54, 1.807) is 13.1 Å². The number of nitrogens with two attached hydrogens (primary N) is 1. The third kappa shape index (κ3) is 6.30. The Labute approximate surface area is 199 Å². The number of carbonyl (C=O) groups excluding carboxylic acids is 1. The van der Waals surface area contributed by atoms with Crippen LogP contribution in [0.2, 0.25) is 0 Å². The van der Waals surface area contributed by atoms with Gasteiger partial charge in [-0.2, -0.15) is 0 Å². The quantitative estimate of drug-likeness (QED) is 0.183. The third-order valence-corrected chi connectivity index (χ3v) is 5.46. The van der Waals surface area contributed by atoms with E-state index in [1.807, 2.05) is 35.0 Å². The van der Waals surface area contributed by atoms with Crippen LogP contribution in [0, 0.1) is 10.1 Å². The van der Waals surface area contributed by atoms with Crippen molar-refractivity contribution in [1.82, 2.24) is 14.9 Å². The largest absolute Gasteiger partial charge is 0.394 e. The van der Waals surface area contributed by atoms with E-state index in [4.69, 9.17) is 5.73 Å². The highest BCUT2D eigenvalue weighted by atomic mass is 79.9. The summed E-state index contributed by atoms with van der Waals surface area (Å²) in [6.45, 7) is 2.77. The van der Waals surface area contributed by atoms with Gasteiger partial charge in [0.25, 0.3) is 5.91 Å². The molecule has 3 rings (SSSR count). The number of aryl methyl sites for hydroxylation is 1. The van der Waals surface area contributed by atoms with E-state index in [-0.39, 0.29) is 30.1 Å². The number of aliphatic hydroxyl groups is 1. The number of hydrogen-bond acceptors (Lipinski definition) is 7. The zero-order chi connectivity index (χ0) is 24.0. The van der Waals surface area contributed by atoms with E-state index in [1.165, 1.54) is 12.1 Å². The summed E-state index contributed by atoms with van der Waals surface area (Å²) in [6.07, 6.45) is 4.42. The number of amides is 1. The van der Waals surface area contributed by atoms with E-state index in [9.17, 15) is 20.0 Å². The monoisotopic (exact) mass is 516 g/mol. The van der Waals surface area contributed by atoms with Crippen molar-refractivity contribution in [3.63, 3.8) is 0 Å². The molecule has 0 radical (unpaired) electrons. The first-order chi connectivity index (χ1) is 15.8. The molecular weight excluding hydrogens is 492 g/mol. The van der Waals surface area contributed by atoms with Gasteiger partial charge in [-0.15, -0.1) is 0 Å². The van der Waals surface area contributed by atoms with E-state index >= 15 is 0 Å². The highest BCUT2D eigenvalue weighted by Gasteiger charge is 2.18. The lowest BCUT2D eigenvalue weighted by Gasteiger charge is -2.11. The number of nitrogens with zero attached hydrogens (tertiary/aromatic N) is 3. The topological polar surface area (TPSA) is 148 Å². The van der Waals surface area contributed by atoms with Crippen LogP contribution >= 0.6 is 15.9 Å². The van der Waals surface area contributed by atoms with Crippen LogP contribution in [-0.4, -0.2) is 44.7 Å². The van der Waals surface area contributed by atoms with E-state index < -0.39 is 4.92 Å². The number of anilines is 2. The Hall–Kier alpha value is -3.44. The fourth-order valence-corrected chi connectivity index (χ4v) is 3.49. The molecule has 5 N–H and O–H groups in total. The predicted molar refractivity (Wildman–Crippen MR) is 130 cm³/mol. The summed E-state index contributed by atoms with van der Waals surface area (Å²) < 4.78 is 2.88. The van der Waals surface area contributed by atoms with Gasteiger partial charge in [-0.25, -0.2) is 4.98 Å². The van der Waals surface area contributed by atoms with Crippen molar-refractivity contribution >= 4 is 39.2 Å². The molecule has 0 bridgehead atoms. The van der Waals surface area contributed by atoms with Gasteiger partial charge < -0.3 is 26.0 Å². The van der Waals surface area contributed by atoms with Gasteiger partial charge in [0.2, 0.25) is 5.82 Å². The molecule has 2 heterocycles. The van der Waals surface area contributed by atoms with Gasteiger partial charge in [-0.1, -0.05) is 28.1 Å². The molecule has 0 aliphatic carbocycles. The minimum absolute atomic E-state index is 0.137. The zero-order valence-electron chi connectivity index (χ0n) is 18.0. The van der Waals surface area contributed by atoms with E-state index in [0.29, 0.717) is 30.9 Å². The molecule has 2 aromatic heterocycles. The first-order valence-corrected chi connectivity index (χ1v) is 11.1. The van der Waals surface area contributed by atoms with Crippen molar-refractivity contribution in [1.29, 1.82) is 0 Å². The van der Waals surface area contributed by atoms with Crippen molar-refractivity contribution < 1.29 is 14.8 Å². The van der Waals surface area contributed by atoms with Crippen LogP contribution in [0.3, 0.4) is 0 Å². The molecule has 1 aromatic carbocycles. The summed E-state index contributed by atoms with van der Waals surface area (Å²) >= 11 is 3.42. The minimum Gasteiger partial charge on any atom is -0.394 e. The minimum atomic E-state index is -0.573. The molecule has 0 saturated carbocycles. The number of benzene rings is 1. The maximum Gasteiger partial charge on any atom is 0.311 e. The lowest BCUT2D eigenvalue weighted by atomic mass is 10.0. The maximum atomic E-state index is 12.8. The Bertz CT molecular complexity index is 1130. The summed E-state index contributed by atoms with van der Waals surface area (Å²) in [5, 5.41) is 26.0. The Balaban J connectivity index is 1.69. The van der Waals surface area contributed by atoms with Crippen LogP contribution in [0.1, 0.15) is 23.7 Å². The molecule has 10 nitrogen and oxygen atoms in total. The number of hydrogen-bond donors (Lipinski definition) is 4. The van der Waals surface area contributed by atoms with Crippen molar-refractivity contribution in [3.8, 4) is 11.1 Å². The highest BCUT2D eigenvalue weighted by molar-refractivity contribution is 9.10. The lowest BCUT2D eigenvalue weighted by molar-refractivity contribution is -0.384. The molecule has 174 valence electrons. The van der Waals surface area contributed by atoms with Gasteiger partial charge in [-0.05, 0) is 37.1 Å². The Kier molecular flexibility index (Phi) is 8.01. The van der Waals surface area contributed by atoms with Gasteiger partial charge >= 0.3 is 5.69 Å². The number of carbonyl (C=O) groups is 1. The first-order valence-electron chi connectivity index (χ1n) is 10.3. The molecule has 0 saturated heterocycles. The molecular formula is C22H25BrN6O4. The third-order valence-electron chi connectivity index (χ3n) is 4.93. The molecule has 0 aliphatic rings. The molecule has 1 atom stereocenters. The van der Waals surface area contributed by atoms with E-state index in [2.05, 4.69) is 31.5 Å². The molecule has 0 spiro atoms. The maximum absolute atomic E-state index is 12.8. The van der Waals surface area contributed by atoms with Crippen LogP contribution in [0.4, 0.5) is 17.3 Å². The van der Waals surface area contributed by atoms with Crippen LogP contribution in [0.25, 0.3) is 11.1 Å². The summed E-state index contributed by atoms with van der Waals surface area (Å²) in [4.78, 5) is 27.1. The van der Waals surface area contributed by atoms with Crippen LogP contribution < -0.4 is 16.4 Å². The number of aliphatic hydroxyl groups excluding tert-OH is 1. The molecule has 3 aromatic rings. The smallest absolute Gasteiger partial charge is 0.311 e. The van der Waals surface area contributed by atoms with Crippen molar-refractivity contribution in [2.24, 2.45) is 0 Å². The Morgan fingerprint density at radius 2 is 2.00 bits per heavy atom. The van der Waals surface area contributed by atoms with Crippen LogP contribution in [0.5, 0.6) is 0 Å². The van der Waals surface area contributed by atoms with Gasteiger partial charge in [0.15, 0.2) is 0 Å². The predicted octanol–water partition coefficient (Wildman–Crippen LogP) is 3.42. The van der Waals surface area contributed by atoms with Crippen LogP contribution in [0.15, 0.2) is 53.3 Å². The zero-order valence-corrected chi connectivity index (χ0v) is 19.6. The number of pyridine rings is 1. The first kappa shape index (κ1) is 24.2. The number of halogens is 1. The van der Waals surface area contributed by atoms with E-state index in [0.717, 1.165) is 15.6 Å². The molecule has 11 heteroatoms. The SMILES string of the molecule is C[C@H](CO)NC(=O)c1cn(CCCNc2ccc([N+](=O)[O-])c(N)n2)cc1-c1ccc(Br)cc1. The number of nitrogen functional groups attached to an aromatic ring is 1.